The van der Waals surface area contributed by atoms with Crippen LogP contribution in [0.1, 0.15) is 11.7 Å². The van der Waals surface area contributed by atoms with Crippen LogP contribution in [0.3, 0.4) is 0 Å². The van der Waals surface area contributed by atoms with Crippen molar-refractivity contribution in [2.75, 3.05) is 31.7 Å². The van der Waals surface area contributed by atoms with Crippen LogP contribution in [0.5, 0.6) is 5.75 Å². The van der Waals surface area contributed by atoms with E-state index in [-0.39, 0.29) is 11.7 Å². The van der Waals surface area contributed by atoms with Crippen molar-refractivity contribution in [1.82, 2.24) is 14.5 Å². The second-order valence-corrected chi connectivity index (χ2v) is 6.65. The van der Waals surface area contributed by atoms with Gasteiger partial charge < -0.3 is 14.4 Å². The van der Waals surface area contributed by atoms with E-state index < -0.39 is 0 Å². The van der Waals surface area contributed by atoms with Crippen LogP contribution < -0.4 is 15.2 Å². The Morgan fingerprint density at radius 3 is 2.61 bits per heavy atom. The Balaban J connectivity index is 1.64. The van der Waals surface area contributed by atoms with Crippen LogP contribution >= 0.6 is 0 Å². The molecule has 1 fully saturated rings. The number of pyridine rings is 1. The highest BCUT2D eigenvalue weighted by atomic mass is 16.5. The Morgan fingerprint density at radius 2 is 1.89 bits per heavy atom. The predicted molar refractivity (Wildman–Crippen MR) is 107 cm³/mol. The molecule has 0 radical (unpaired) electrons. The van der Waals surface area contributed by atoms with Gasteiger partial charge in [-0.25, -0.2) is 4.98 Å². The first-order valence-corrected chi connectivity index (χ1v) is 9.14. The first-order chi connectivity index (χ1) is 13.7. The number of benzene rings is 1. The van der Waals surface area contributed by atoms with Gasteiger partial charge in [-0.2, -0.15) is 0 Å². The summed E-state index contributed by atoms with van der Waals surface area (Å²) in [7, 11) is 3.40. The fourth-order valence-corrected chi connectivity index (χ4v) is 3.33. The third-order valence-electron chi connectivity index (χ3n) is 4.92. The van der Waals surface area contributed by atoms with Gasteiger partial charge in [0.05, 0.1) is 26.0 Å². The summed E-state index contributed by atoms with van der Waals surface area (Å²) in [5.41, 5.74) is 2.49. The molecule has 7 heteroatoms. The Hall–Kier alpha value is -3.19. The van der Waals surface area contributed by atoms with E-state index in [2.05, 4.69) is 9.88 Å². The summed E-state index contributed by atoms with van der Waals surface area (Å²) in [5, 5.41) is 0. The molecule has 0 aliphatic carbocycles. The van der Waals surface area contributed by atoms with Gasteiger partial charge in [-0.05, 0) is 29.8 Å². The van der Waals surface area contributed by atoms with Crippen molar-refractivity contribution in [2.45, 2.75) is 6.10 Å². The normalized spacial score (nSPS) is 16.8. The number of anilines is 1. The molecule has 0 bridgehead atoms. The molecule has 1 saturated heterocycles. The number of hydrogen-bond donors (Lipinski definition) is 0. The lowest BCUT2D eigenvalue weighted by atomic mass is 10.1. The third-order valence-corrected chi connectivity index (χ3v) is 4.92. The van der Waals surface area contributed by atoms with Crippen molar-refractivity contribution in [3.63, 3.8) is 0 Å². The predicted octanol–water partition coefficient (Wildman–Crippen LogP) is 2.43. The molecule has 4 rings (SSSR count). The molecule has 0 saturated carbocycles. The summed E-state index contributed by atoms with van der Waals surface area (Å²) in [6.45, 7) is 1.85. The standard InChI is InChI=1S/C21H22N4O3/c1-24-20(26)13-18(15-7-9-22-10-8-15)23-21(24)25-11-12-28-19(14-25)16-3-5-17(27-2)6-4-16/h3-10,13,19H,11-12,14H2,1-2H3/t19-/m0/s1. The summed E-state index contributed by atoms with van der Waals surface area (Å²) >= 11 is 0. The van der Waals surface area contributed by atoms with Crippen LogP contribution in [-0.4, -0.2) is 41.3 Å². The molecule has 7 nitrogen and oxygen atoms in total. The highest BCUT2D eigenvalue weighted by Crippen LogP contribution is 2.27. The lowest BCUT2D eigenvalue weighted by Gasteiger charge is -2.34. The fraction of sp³-hybridized carbons (Fsp3) is 0.286. The Bertz CT molecular complexity index is 1000. The molecule has 28 heavy (non-hydrogen) atoms. The van der Waals surface area contributed by atoms with Crippen LogP contribution in [-0.2, 0) is 11.8 Å². The zero-order chi connectivity index (χ0) is 19.5. The van der Waals surface area contributed by atoms with Crippen LogP contribution in [0.25, 0.3) is 11.3 Å². The van der Waals surface area contributed by atoms with E-state index in [4.69, 9.17) is 14.5 Å². The second kappa shape index (κ2) is 7.82. The number of methoxy groups -OCH3 is 1. The van der Waals surface area contributed by atoms with Crippen LogP contribution in [0.4, 0.5) is 5.95 Å². The zero-order valence-electron chi connectivity index (χ0n) is 15.9. The summed E-state index contributed by atoms with van der Waals surface area (Å²) in [6.07, 6.45) is 3.30. The van der Waals surface area contributed by atoms with Crippen molar-refractivity contribution < 1.29 is 9.47 Å². The minimum Gasteiger partial charge on any atom is -0.497 e. The van der Waals surface area contributed by atoms with Crippen molar-refractivity contribution in [3.8, 4) is 17.0 Å². The molecule has 0 N–H and O–H groups in total. The van der Waals surface area contributed by atoms with Gasteiger partial charge >= 0.3 is 0 Å². The van der Waals surface area contributed by atoms with Gasteiger partial charge in [-0.15, -0.1) is 0 Å². The first-order valence-electron chi connectivity index (χ1n) is 9.14. The Kier molecular flexibility index (Phi) is 5.08. The maximum absolute atomic E-state index is 12.5. The molecule has 1 aliphatic rings. The first kappa shape index (κ1) is 18.2. The summed E-state index contributed by atoms with van der Waals surface area (Å²) < 4.78 is 12.8. The molecule has 0 unspecified atom stereocenters. The molecule has 144 valence electrons. The number of hydrogen-bond acceptors (Lipinski definition) is 6. The molecular weight excluding hydrogens is 356 g/mol. The minimum absolute atomic E-state index is 0.0932. The topological polar surface area (TPSA) is 69.5 Å². The zero-order valence-corrected chi connectivity index (χ0v) is 15.9. The molecule has 1 aromatic carbocycles. The Morgan fingerprint density at radius 1 is 1.14 bits per heavy atom. The fourth-order valence-electron chi connectivity index (χ4n) is 3.33. The lowest BCUT2D eigenvalue weighted by molar-refractivity contribution is 0.0389. The van der Waals surface area contributed by atoms with Crippen molar-refractivity contribution in [1.29, 1.82) is 0 Å². The minimum atomic E-state index is -0.0962. The summed E-state index contributed by atoms with van der Waals surface area (Å²) in [4.78, 5) is 23.4. The van der Waals surface area contributed by atoms with Gasteiger partial charge in [0.25, 0.3) is 5.56 Å². The number of ether oxygens (including phenoxy) is 2. The van der Waals surface area contributed by atoms with Gasteiger partial charge in [0.15, 0.2) is 0 Å². The van der Waals surface area contributed by atoms with Crippen LogP contribution in [0, 0.1) is 0 Å². The average Bonchev–Trinajstić information content (AvgIpc) is 2.76. The number of aromatic nitrogens is 3. The maximum Gasteiger partial charge on any atom is 0.255 e. The van der Waals surface area contributed by atoms with Crippen LogP contribution in [0.2, 0.25) is 0 Å². The Labute approximate surface area is 163 Å². The highest BCUT2D eigenvalue weighted by molar-refractivity contribution is 5.59. The van der Waals surface area contributed by atoms with Crippen molar-refractivity contribution >= 4 is 5.95 Å². The SMILES string of the molecule is COc1ccc([C@@H]2CN(c3nc(-c4ccncc4)cc(=O)n3C)CCO2)cc1. The van der Waals surface area contributed by atoms with E-state index in [1.807, 2.05) is 36.4 Å². The van der Waals surface area contributed by atoms with Gasteiger partial charge in [0, 0.05) is 37.6 Å². The van der Waals surface area contributed by atoms with E-state index in [9.17, 15) is 4.79 Å². The van der Waals surface area contributed by atoms with Gasteiger partial charge in [0.1, 0.15) is 11.9 Å². The van der Waals surface area contributed by atoms with E-state index in [0.717, 1.165) is 16.9 Å². The molecule has 2 aromatic heterocycles. The molecule has 0 amide bonds. The molecule has 1 atom stereocenters. The van der Waals surface area contributed by atoms with Gasteiger partial charge in [-0.3, -0.25) is 14.3 Å². The van der Waals surface area contributed by atoms with Crippen molar-refractivity contribution in [3.05, 3.63) is 70.8 Å². The molecule has 0 spiro atoms. The van der Waals surface area contributed by atoms with Crippen molar-refractivity contribution in [2.24, 2.45) is 7.05 Å². The lowest BCUT2D eigenvalue weighted by Crippen LogP contribution is -2.41. The largest absolute Gasteiger partial charge is 0.497 e. The molecule has 3 aromatic rings. The van der Waals surface area contributed by atoms with E-state index in [1.165, 1.54) is 0 Å². The van der Waals surface area contributed by atoms with Crippen LogP contribution in [0.15, 0.2) is 59.7 Å². The number of nitrogens with zero attached hydrogens (tertiary/aromatic N) is 4. The second-order valence-electron chi connectivity index (χ2n) is 6.65. The van der Waals surface area contributed by atoms with E-state index in [1.54, 1.807) is 37.2 Å². The summed E-state index contributed by atoms with van der Waals surface area (Å²) in [5.74, 6) is 1.45. The quantitative estimate of drug-likeness (QED) is 0.695. The van der Waals surface area contributed by atoms with Gasteiger partial charge in [-0.1, -0.05) is 12.1 Å². The third kappa shape index (κ3) is 3.61. The number of morpholine rings is 1. The van der Waals surface area contributed by atoms with E-state index in [0.29, 0.717) is 31.3 Å². The number of rotatable bonds is 4. The summed E-state index contributed by atoms with van der Waals surface area (Å²) in [6, 6.07) is 13.1. The van der Waals surface area contributed by atoms with E-state index >= 15 is 0 Å². The van der Waals surface area contributed by atoms with Gasteiger partial charge in [0.2, 0.25) is 5.95 Å². The average molecular weight is 378 g/mol. The monoisotopic (exact) mass is 378 g/mol. The molecular formula is C21H22N4O3. The molecule has 3 heterocycles. The smallest absolute Gasteiger partial charge is 0.255 e. The molecule has 1 aliphatic heterocycles. The maximum atomic E-state index is 12.5. The highest BCUT2D eigenvalue weighted by Gasteiger charge is 2.25.